The third-order valence-electron chi connectivity index (χ3n) is 5.99. The van der Waals surface area contributed by atoms with Gasteiger partial charge in [0.2, 0.25) is 11.9 Å². The number of fused-ring (bicyclic) bond motifs is 1. The summed E-state index contributed by atoms with van der Waals surface area (Å²) in [5.74, 6) is -0.668. The van der Waals surface area contributed by atoms with Gasteiger partial charge in [0.05, 0.1) is 18.0 Å². The van der Waals surface area contributed by atoms with Crippen LogP contribution < -0.4 is 15.8 Å². The molecule has 1 aliphatic rings. The molecule has 5 rings (SSSR count). The van der Waals surface area contributed by atoms with Crippen molar-refractivity contribution >= 4 is 39.1 Å². The summed E-state index contributed by atoms with van der Waals surface area (Å²) in [6, 6.07) is 13.5. The molecule has 0 saturated carbocycles. The molecule has 0 bridgehead atoms. The van der Waals surface area contributed by atoms with E-state index in [0.717, 1.165) is 12.0 Å². The number of nitrogens with zero attached hydrogens (tertiary/aromatic N) is 3. The Bertz CT molecular complexity index is 1380. The van der Waals surface area contributed by atoms with Gasteiger partial charge in [-0.2, -0.15) is 0 Å². The number of rotatable bonds is 5. The number of amides is 1. The third kappa shape index (κ3) is 4.56. The monoisotopic (exact) mass is 480 g/mol. The van der Waals surface area contributed by atoms with E-state index in [1.807, 2.05) is 16.3 Å². The van der Waals surface area contributed by atoms with Crippen LogP contribution in [-0.4, -0.2) is 28.5 Å². The number of anilines is 2. The summed E-state index contributed by atoms with van der Waals surface area (Å²) in [5, 5.41) is 4.69. The first-order valence-corrected chi connectivity index (χ1v) is 11.9. The van der Waals surface area contributed by atoms with E-state index in [9.17, 15) is 18.4 Å². The molecule has 2 aromatic carbocycles. The first-order valence-electron chi connectivity index (χ1n) is 11.0. The van der Waals surface area contributed by atoms with E-state index < -0.39 is 0 Å². The molecule has 1 saturated heterocycles. The summed E-state index contributed by atoms with van der Waals surface area (Å²) in [6.07, 6.45) is 1.46. The maximum Gasteiger partial charge on any atom is 0.273 e. The maximum atomic E-state index is 13.4. The lowest BCUT2D eigenvalue weighted by atomic mass is 9.97. The van der Waals surface area contributed by atoms with Crippen molar-refractivity contribution in [3.63, 3.8) is 0 Å². The Morgan fingerprint density at radius 3 is 2.50 bits per heavy atom. The van der Waals surface area contributed by atoms with Gasteiger partial charge >= 0.3 is 0 Å². The van der Waals surface area contributed by atoms with E-state index >= 15 is 0 Å². The number of benzene rings is 2. The molecule has 1 N–H and O–H groups in total. The van der Waals surface area contributed by atoms with Crippen molar-refractivity contribution in [2.75, 3.05) is 23.3 Å². The molecule has 1 fully saturated rings. The first-order chi connectivity index (χ1) is 16.5. The van der Waals surface area contributed by atoms with Gasteiger partial charge in [-0.3, -0.25) is 14.2 Å². The van der Waals surface area contributed by atoms with Crippen LogP contribution >= 0.6 is 11.3 Å². The van der Waals surface area contributed by atoms with Crippen LogP contribution in [-0.2, 0) is 11.3 Å². The molecule has 6 nitrogen and oxygen atoms in total. The number of hydrogen-bond donors (Lipinski definition) is 1. The molecule has 1 aliphatic heterocycles. The number of hydrogen-bond acceptors (Lipinski definition) is 5. The highest BCUT2D eigenvalue weighted by Gasteiger charge is 2.29. The molecule has 4 aromatic rings. The minimum atomic E-state index is -0.365. The SMILES string of the molecule is O=C(Nc1ccc(F)cc1)[C@H]1CCCN(c2nc3ccsc3c(=O)n2Cc2ccc(F)cc2)C1. The Kier molecular flexibility index (Phi) is 6.10. The van der Waals surface area contributed by atoms with E-state index in [1.54, 1.807) is 16.7 Å². The van der Waals surface area contributed by atoms with Crippen LogP contribution in [0.5, 0.6) is 0 Å². The van der Waals surface area contributed by atoms with Gasteiger partial charge in [0, 0.05) is 18.8 Å². The van der Waals surface area contributed by atoms with Gasteiger partial charge in [-0.25, -0.2) is 13.8 Å². The number of aromatic nitrogens is 2. The lowest BCUT2D eigenvalue weighted by Gasteiger charge is -2.34. The Hall–Kier alpha value is -3.59. The Morgan fingerprint density at radius 2 is 1.76 bits per heavy atom. The quantitative estimate of drug-likeness (QED) is 0.452. The summed E-state index contributed by atoms with van der Waals surface area (Å²) in [4.78, 5) is 33.0. The zero-order chi connectivity index (χ0) is 23.7. The van der Waals surface area contributed by atoms with Gasteiger partial charge < -0.3 is 10.2 Å². The Balaban J connectivity index is 1.44. The second-order valence-corrected chi connectivity index (χ2v) is 9.26. The highest BCUT2D eigenvalue weighted by atomic mass is 32.1. The topological polar surface area (TPSA) is 67.2 Å². The fourth-order valence-electron chi connectivity index (χ4n) is 4.24. The molecule has 9 heteroatoms. The second kappa shape index (κ2) is 9.34. The van der Waals surface area contributed by atoms with Gasteiger partial charge in [-0.1, -0.05) is 12.1 Å². The van der Waals surface area contributed by atoms with Crippen molar-refractivity contribution < 1.29 is 13.6 Å². The van der Waals surface area contributed by atoms with Crippen molar-refractivity contribution in [1.82, 2.24) is 9.55 Å². The van der Waals surface area contributed by atoms with Crippen molar-refractivity contribution in [1.29, 1.82) is 0 Å². The lowest BCUT2D eigenvalue weighted by Crippen LogP contribution is -2.43. The van der Waals surface area contributed by atoms with Gasteiger partial charge in [0.25, 0.3) is 5.56 Å². The zero-order valence-corrected chi connectivity index (χ0v) is 19.0. The summed E-state index contributed by atoms with van der Waals surface area (Å²) in [6.45, 7) is 1.31. The summed E-state index contributed by atoms with van der Waals surface area (Å²) in [7, 11) is 0. The van der Waals surface area contributed by atoms with Crippen LogP contribution in [0.1, 0.15) is 18.4 Å². The number of halogens is 2. The highest BCUT2D eigenvalue weighted by molar-refractivity contribution is 7.17. The molecule has 0 unspecified atom stereocenters. The number of nitrogens with one attached hydrogen (secondary N) is 1. The van der Waals surface area contributed by atoms with Crippen LogP contribution in [0.25, 0.3) is 10.2 Å². The number of thiophene rings is 1. The van der Waals surface area contributed by atoms with E-state index in [0.29, 0.717) is 41.4 Å². The fourth-order valence-corrected chi connectivity index (χ4v) is 5.02. The molecule has 0 radical (unpaired) electrons. The first kappa shape index (κ1) is 22.2. The largest absolute Gasteiger partial charge is 0.341 e. The predicted molar refractivity (Wildman–Crippen MR) is 129 cm³/mol. The van der Waals surface area contributed by atoms with Crippen molar-refractivity contribution in [3.05, 3.63) is 87.5 Å². The average Bonchev–Trinajstić information content (AvgIpc) is 3.33. The molecular formula is C25H22F2N4O2S. The molecule has 0 spiro atoms. The van der Waals surface area contributed by atoms with Gasteiger partial charge in [0.15, 0.2) is 0 Å². The van der Waals surface area contributed by atoms with Crippen molar-refractivity contribution in [3.8, 4) is 0 Å². The predicted octanol–water partition coefficient (Wildman–Crippen LogP) is 4.64. The number of carbonyl (C=O) groups is 1. The van der Waals surface area contributed by atoms with Crippen LogP contribution in [0.15, 0.2) is 64.8 Å². The summed E-state index contributed by atoms with van der Waals surface area (Å²) >= 11 is 1.34. The maximum absolute atomic E-state index is 13.4. The molecule has 34 heavy (non-hydrogen) atoms. The van der Waals surface area contributed by atoms with E-state index in [2.05, 4.69) is 5.32 Å². The number of piperidine rings is 1. The number of carbonyl (C=O) groups excluding carboxylic acids is 1. The molecule has 1 atom stereocenters. The van der Waals surface area contributed by atoms with E-state index in [4.69, 9.17) is 4.98 Å². The molecule has 1 amide bonds. The van der Waals surface area contributed by atoms with Crippen molar-refractivity contribution in [2.45, 2.75) is 19.4 Å². The minimum Gasteiger partial charge on any atom is -0.341 e. The van der Waals surface area contributed by atoms with Gasteiger partial charge in [0.1, 0.15) is 16.3 Å². The van der Waals surface area contributed by atoms with E-state index in [-0.39, 0.29) is 35.6 Å². The summed E-state index contributed by atoms with van der Waals surface area (Å²) < 4.78 is 28.7. The Morgan fingerprint density at radius 1 is 1.06 bits per heavy atom. The zero-order valence-electron chi connectivity index (χ0n) is 18.2. The molecule has 0 aliphatic carbocycles. The smallest absolute Gasteiger partial charge is 0.273 e. The molecule has 2 aromatic heterocycles. The highest BCUT2D eigenvalue weighted by Crippen LogP contribution is 2.26. The molecule has 3 heterocycles. The van der Waals surface area contributed by atoms with Crippen molar-refractivity contribution in [2.24, 2.45) is 5.92 Å². The summed E-state index contributed by atoms with van der Waals surface area (Å²) in [5.41, 5.74) is 1.79. The lowest BCUT2D eigenvalue weighted by molar-refractivity contribution is -0.120. The minimum absolute atomic E-state index is 0.152. The normalized spacial score (nSPS) is 16.1. The van der Waals surface area contributed by atoms with Gasteiger partial charge in [-0.15, -0.1) is 11.3 Å². The third-order valence-corrected chi connectivity index (χ3v) is 6.88. The Labute approximate surface area is 198 Å². The van der Waals surface area contributed by atoms with E-state index in [1.165, 1.54) is 47.7 Å². The fraction of sp³-hybridized carbons (Fsp3) is 0.240. The van der Waals surface area contributed by atoms with Crippen LogP contribution in [0.4, 0.5) is 20.4 Å². The average molecular weight is 481 g/mol. The van der Waals surface area contributed by atoms with Crippen LogP contribution in [0.2, 0.25) is 0 Å². The van der Waals surface area contributed by atoms with Crippen LogP contribution in [0.3, 0.4) is 0 Å². The molecular weight excluding hydrogens is 458 g/mol. The molecule has 174 valence electrons. The van der Waals surface area contributed by atoms with Gasteiger partial charge in [-0.05, 0) is 66.2 Å². The second-order valence-electron chi connectivity index (χ2n) is 8.35. The standard InChI is InChI=1S/C25H22F2N4O2S/c26-18-5-3-16(4-6-18)14-31-24(33)22-21(11-13-34-22)29-25(31)30-12-1-2-17(15-30)23(32)28-20-9-7-19(27)8-10-20/h3-11,13,17H,1-2,12,14-15H2,(H,28,32)/t17-/m0/s1. The van der Waals surface area contributed by atoms with Crippen LogP contribution in [0, 0.1) is 17.6 Å².